The van der Waals surface area contributed by atoms with Gasteiger partial charge in [-0.1, -0.05) is 11.6 Å². The Labute approximate surface area is 130 Å². The van der Waals surface area contributed by atoms with Gasteiger partial charge in [0.05, 0.1) is 6.54 Å². The Morgan fingerprint density at radius 3 is 2.78 bits per heavy atom. The molecule has 0 unspecified atom stereocenters. The van der Waals surface area contributed by atoms with Crippen LogP contribution < -0.4 is 5.32 Å². The van der Waals surface area contributed by atoms with Crippen LogP contribution in [0.3, 0.4) is 0 Å². The van der Waals surface area contributed by atoms with Crippen LogP contribution in [0.25, 0.3) is 0 Å². The summed E-state index contributed by atoms with van der Waals surface area (Å²) in [4.78, 5) is 28.2. The number of hydrogen-bond acceptors (Lipinski definition) is 5. The number of hydrogen-bond donors (Lipinski definition) is 1. The maximum Gasteiger partial charge on any atom is 0.471 e. The van der Waals surface area contributed by atoms with Crippen LogP contribution >= 0.6 is 0 Å². The Bertz CT molecular complexity index is 559. The second-order valence-corrected chi connectivity index (χ2v) is 5.24. The summed E-state index contributed by atoms with van der Waals surface area (Å²) < 4.78 is 40.9. The molecule has 0 spiro atoms. The van der Waals surface area contributed by atoms with Crippen molar-refractivity contribution in [2.45, 2.75) is 38.3 Å². The minimum atomic E-state index is -4.68. The van der Waals surface area contributed by atoms with E-state index in [0.717, 1.165) is 19.3 Å². The zero-order valence-corrected chi connectivity index (χ0v) is 12.4. The van der Waals surface area contributed by atoms with E-state index in [1.54, 1.807) is 0 Å². The average Bonchev–Trinajstić information content (AvgIpc) is 2.86. The fourth-order valence-corrected chi connectivity index (χ4v) is 2.22. The minimum absolute atomic E-state index is 0.0132. The molecule has 1 N–H and O–H groups in total. The number of likely N-dealkylation sites (tertiary alicyclic amines) is 1. The monoisotopic (exact) mass is 334 g/mol. The molecule has 0 aliphatic carbocycles. The Kier molecular flexibility index (Phi) is 5.56. The quantitative estimate of drug-likeness (QED) is 0.873. The second-order valence-electron chi connectivity index (χ2n) is 5.24. The Hall–Kier alpha value is -2.13. The van der Waals surface area contributed by atoms with Crippen LogP contribution in [0.2, 0.25) is 0 Å². The fraction of sp³-hybridized carbons (Fsp3) is 0.692. The van der Waals surface area contributed by atoms with Crippen LogP contribution in [0.1, 0.15) is 37.4 Å². The van der Waals surface area contributed by atoms with Gasteiger partial charge in [0, 0.05) is 25.9 Å². The van der Waals surface area contributed by atoms with E-state index in [1.165, 1.54) is 4.90 Å². The number of alkyl halides is 3. The first-order valence-corrected chi connectivity index (χ1v) is 7.30. The average molecular weight is 334 g/mol. The number of amides is 2. The molecule has 1 aromatic heterocycles. The summed E-state index contributed by atoms with van der Waals surface area (Å²) >= 11 is 0. The van der Waals surface area contributed by atoms with E-state index in [9.17, 15) is 22.8 Å². The van der Waals surface area contributed by atoms with Crippen molar-refractivity contribution in [2.24, 2.45) is 0 Å². The van der Waals surface area contributed by atoms with Gasteiger partial charge in [0.2, 0.25) is 11.8 Å². The summed E-state index contributed by atoms with van der Waals surface area (Å²) in [7, 11) is 0. The highest BCUT2D eigenvalue weighted by Crippen LogP contribution is 2.27. The van der Waals surface area contributed by atoms with Crippen LogP contribution in [0.4, 0.5) is 13.2 Å². The highest BCUT2D eigenvalue weighted by molar-refractivity contribution is 5.84. The molecule has 1 saturated heterocycles. The molecule has 0 radical (unpaired) electrons. The van der Waals surface area contributed by atoms with E-state index in [0.29, 0.717) is 13.0 Å². The summed E-state index contributed by atoms with van der Waals surface area (Å²) in [6, 6.07) is 0. The van der Waals surface area contributed by atoms with E-state index in [4.69, 9.17) is 0 Å². The zero-order valence-electron chi connectivity index (χ0n) is 12.4. The third-order valence-corrected chi connectivity index (χ3v) is 3.39. The minimum Gasteiger partial charge on any atom is -0.354 e. The van der Waals surface area contributed by atoms with E-state index in [1.807, 2.05) is 0 Å². The smallest absolute Gasteiger partial charge is 0.354 e. The highest BCUT2D eigenvalue weighted by atomic mass is 19.4. The van der Waals surface area contributed by atoms with Crippen molar-refractivity contribution in [3.8, 4) is 0 Å². The molecule has 1 fully saturated rings. The largest absolute Gasteiger partial charge is 0.471 e. The number of nitrogens with one attached hydrogen (secondary N) is 1. The molecule has 0 aromatic carbocycles. The first-order chi connectivity index (χ1) is 10.9. The number of carbonyl (C=O) groups excluding carboxylic acids is 2. The molecule has 1 aliphatic rings. The van der Waals surface area contributed by atoms with Crippen LogP contribution in [0.15, 0.2) is 4.52 Å². The summed E-state index contributed by atoms with van der Waals surface area (Å²) in [5.74, 6) is -1.96. The van der Waals surface area contributed by atoms with Crippen molar-refractivity contribution in [3.63, 3.8) is 0 Å². The third kappa shape index (κ3) is 5.22. The van der Waals surface area contributed by atoms with Crippen LogP contribution in [0, 0.1) is 0 Å². The van der Waals surface area contributed by atoms with Crippen LogP contribution in [0.5, 0.6) is 0 Å². The number of carbonyl (C=O) groups is 2. The molecule has 128 valence electrons. The lowest BCUT2D eigenvalue weighted by Crippen LogP contribution is -2.41. The predicted octanol–water partition coefficient (Wildman–Crippen LogP) is 1.15. The molecule has 0 saturated carbocycles. The maximum atomic E-state index is 12.3. The Morgan fingerprint density at radius 2 is 2.09 bits per heavy atom. The molecule has 1 aliphatic heterocycles. The van der Waals surface area contributed by atoms with Gasteiger partial charge >= 0.3 is 12.1 Å². The maximum absolute atomic E-state index is 12.3. The normalized spacial score (nSPS) is 16.3. The van der Waals surface area contributed by atoms with E-state index in [2.05, 4.69) is 20.0 Å². The SMILES string of the molecule is O=C(CN1CCCCCC1=O)NCCc1noc(C(F)(F)F)n1. The first-order valence-electron chi connectivity index (χ1n) is 7.30. The number of halogens is 3. The molecular weight excluding hydrogens is 317 g/mol. The van der Waals surface area contributed by atoms with Gasteiger partial charge in [0.25, 0.3) is 0 Å². The number of rotatable bonds is 5. The number of aromatic nitrogens is 2. The van der Waals surface area contributed by atoms with Crippen molar-refractivity contribution in [1.82, 2.24) is 20.4 Å². The lowest BCUT2D eigenvalue weighted by Gasteiger charge is -2.19. The lowest BCUT2D eigenvalue weighted by molar-refractivity contribution is -0.159. The summed E-state index contributed by atoms with van der Waals surface area (Å²) in [5.41, 5.74) is 0. The molecule has 1 aromatic rings. The highest BCUT2D eigenvalue weighted by Gasteiger charge is 2.38. The van der Waals surface area contributed by atoms with Crippen molar-refractivity contribution in [1.29, 1.82) is 0 Å². The van der Waals surface area contributed by atoms with Crippen molar-refractivity contribution >= 4 is 11.8 Å². The van der Waals surface area contributed by atoms with E-state index in [-0.39, 0.29) is 37.1 Å². The van der Waals surface area contributed by atoms with Gasteiger partial charge < -0.3 is 14.7 Å². The Balaban J connectivity index is 1.74. The van der Waals surface area contributed by atoms with Gasteiger partial charge in [-0.25, -0.2) is 0 Å². The van der Waals surface area contributed by atoms with E-state index < -0.39 is 12.1 Å². The van der Waals surface area contributed by atoms with Gasteiger partial charge in [-0.05, 0) is 12.8 Å². The van der Waals surface area contributed by atoms with Gasteiger partial charge in [0.15, 0.2) is 5.82 Å². The van der Waals surface area contributed by atoms with Gasteiger partial charge in [-0.15, -0.1) is 0 Å². The van der Waals surface area contributed by atoms with Gasteiger partial charge in [-0.2, -0.15) is 18.2 Å². The predicted molar refractivity (Wildman–Crippen MR) is 71.1 cm³/mol. The molecule has 0 atom stereocenters. The topological polar surface area (TPSA) is 88.3 Å². The molecule has 7 nitrogen and oxygen atoms in total. The summed E-state index contributed by atoms with van der Waals surface area (Å²) in [5, 5.41) is 5.73. The first kappa shape index (κ1) is 17.2. The summed E-state index contributed by atoms with van der Waals surface area (Å²) in [6.07, 6.45) is -1.57. The lowest BCUT2D eigenvalue weighted by atomic mass is 10.2. The summed E-state index contributed by atoms with van der Waals surface area (Å²) in [6.45, 7) is 0.572. The van der Waals surface area contributed by atoms with Gasteiger partial charge in [0.1, 0.15) is 0 Å². The fourth-order valence-electron chi connectivity index (χ4n) is 2.22. The molecule has 2 amide bonds. The third-order valence-electron chi connectivity index (χ3n) is 3.39. The standard InChI is InChI=1S/C13H17F3N4O3/c14-13(15,16)12-18-9(19-23-12)5-6-17-10(21)8-20-7-3-1-2-4-11(20)22/h1-8H2,(H,17,21). The molecule has 0 bridgehead atoms. The molecule has 2 rings (SSSR count). The molecule has 23 heavy (non-hydrogen) atoms. The van der Waals surface area contributed by atoms with E-state index >= 15 is 0 Å². The van der Waals surface area contributed by atoms with Gasteiger partial charge in [-0.3, -0.25) is 9.59 Å². The van der Waals surface area contributed by atoms with Crippen molar-refractivity contribution in [3.05, 3.63) is 11.7 Å². The van der Waals surface area contributed by atoms with Crippen LogP contribution in [-0.4, -0.2) is 46.5 Å². The van der Waals surface area contributed by atoms with Crippen molar-refractivity contribution in [2.75, 3.05) is 19.6 Å². The van der Waals surface area contributed by atoms with Crippen LogP contribution in [-0.2, 0) is 22.2 Å². The molecule has 2 heterocycles. The Morgan fingerprint density at radius 1 is 1.30 bits per heavy atom. The molecule has 10 heteroatoms. The second kappa shape index (κ2) is 7.42. The zero-order chi connectivity index (χ0) is 16.9. The van der Waals surface area contributed by atoms with Crippen molar-refractivity contribution < 1.29 is 27.3 Å². The molecular formula is C13H17F3N4O3. The number of nitrogens with zero attached hydrogens (tertiary/aromatic N) is 3.